The lowest BCUT2D eigenvalue weighted by Gasteiger charge is -2.21. The molecule has 96 valence electrons. The van der Waals surface area contributed by atoms with Crippen molar-refractivity contribution in [1.29, 1.82) is 5.26 Å². The van der Waals surface area contributed by atoms with E-state index in [9.17, 15) is 9.18 Å². The molecule has 18 heavy (non-hydrogen) atoms. The summed E-state index contributed by atoms with van der Waals surface area (Å²) in [6.07, 6.45) is 0.669. The van der Waals surface area contributed by atoms with Gasteiger partial charge in [0.05, 0.1) is 17.3 Å². The number of nitrogens with one attached hydrogen (secondary N) is 1. The Morgan fingerprint density at radius 2 is 2.28 bits per heavy atom. The summed E-state index contributed by atoms with van der Waals surface area (Å²) in [4.78, 5) is 11.1. The highest BCUT2D eigenvalue weighted by atomic mass is 19.1. The smallest absolute Gasteiger partial charge is 0.326 e. The largest absolute Gasteiger partial charge is 0.480 e. The number of aliphatic carboxylic acids is 1. The van der Waals surface area contributed by atoms with Gasteiger partial charge in [-0.25, -0.2) is 9.18 Å². The Labute approximate surface area is 105 Å². The van der Waals surface area contributed by atoms with Crippen LogP contribution in [0, 0.1) is 23.1 Å². The van der Waals surface area contributed by atoms with Crippen molar-refractivity contribution in [3.05, 3.63) is 29.6 Å². The zero-order valence-electron chi connectivity index (χ0n) is 10.3. The van der Waals surface area contributed by atoms with E-state index in [1.807, 2.05) is 13.0 Å². The summed E-state index contributed by atoms with van der Waals surface area (Å²) in [5, 5.41) is 20.4. The molecular formula is C13H15FN2O2. The minimum Gasteiger partial charge on any atom is -0.480 e. The van der Waals surface area contributed by atoms with Crippen molar-refractivity contribution in [2.45, 2.75) is 26.3 Å². The van der Waals surface area contributed by atoms with E-state index in [0.29, 0.717) is 6.42 Å². The normalized spacial score (nSPS) is 13.4. The zero-order chi connectivity index (χ0) is 13.7. The molecule has 0 amide bonds. The maximum Gasteiger partial charge on any atom is 0.326 e. The topological polar surface area (TPSA) is 73.1 Å². The Morgan fingerprint density at radius 1 is 1.61 bits per heavy atom. The number of carboxylic acid groups (broad SMARTS) is 1. The van der Waals surface area contributed by atoms with Gasteiger partial charge in [-0.15, -0.1) is 0 Å². The fraction of sp³-hybridized carbons (Fsp3) is 0.385. The van der Waals surface area contributed by atoms with E-state index in [-0.39, 0.29) is 17.2 Å². The number of anilines is 1. The Balaban J connectivity index is 2.95. The van der Waals surface area contributed by atoms with Crippen LogP contribution in [-0.2, 0) is 4.79 Å². The molecule has 5 heteroatoms. The number of carboxylic acids is 1. The fourth-order valence-corrected chi connectivity index (χ4v) is 1.55. The monoisotopic (exact) mass is 250 g/mol. The molecule has 0 radical (unpaired) electrons. The van der Waals surface area contributed by atoms with E-state index in [2.05, 4.69) is 5.32 Å². The number of hydrogen-bond donors (Lipinski definition) is 2. The van der Waals surface area contributed by atoms with Crippen LogP contribution in [0.4, 0.5) is 10.1 Å². The number of carbonyl (C=O) groups is 1. The third-order valence-corrected chi connectivity index (χ3v) is 2.89. The SMILES string of the molecule is CC[C@H](C)[C@H](Nc1ccc(C#N)cc1F)C(=O)O. The Kier molecular flexibility index (Phi) is 4.67. The van der Waals surface area contributed by atoms with Gasteiger partial charge in [-0.1, -0.05) is 20.3 Å². The summed E-state index contributed by atoms with van der Waals surface area (Å²) in [5.74, 6) is -1.77. The summed E-state index contributed by atoms with van der Waals surface area (Å²) in [6.45, 7) is 3.66. The molecule has 0 heterocycles. The van der Waals surface area contributed by atoms with Crippen molar-refractivity contribution in [3.63, 3.8) is 0 Å². The molecule has 1 aromatic rings. The van der Waals surface area contributed by atoms with E-state index < -0.39 is 17.8 Å². The quantitative estimate of drug-likeness (QED) is 0.842. The number of nitriles is 1. The van der Waals surface area contributed by atoms with E-state index >= 15 is 0 Å². The predicted octanol–water partition coefficient (Wildman–Crippen LogP) is 2.61. The number of nitrogens with zero attached hydrogens (tertiary/aromatic N) is 1. The zero-order valence-corrected chi connectivity index (χ0v) is 10.3. The van der Waals surface area contributed by atoms with E-state index in [1.165, 1.54) is 12.1 Å². The molecule has 0 bridgehead atoms. The first kappa shape index (κ1) is 14.0. The van der Waals surface area contributed by atoms with Gasteiger partial charge in [-0.05, 0) is 24.1 Å². The van der Waals surface area contributed by atoms with Gasteiger partial charge in [-0.3, -0.25) is 0 Å². The molecular weight excluding hydrogens is 235 g/mol. The standard InChI is InChI=1S/C13H15FN2O2/c1-3-8(2)12(13(17)18)16-11-5-4-9(7-15)6-10(11)14/h4-6,8,12,16H,3H2,1-2H3,(H,17,18)/t8-,12-/m0/s1. The molecule has 4 nitrogen and oxygen atoms in total. The van der Waals surface area contributed by atoms with E-state index in [0.717, 1.165) is 6.07 Å². The van der Waals surface area contributed by atoms with Gasteiger partial charge in [0.15, 0.2) is 0 Å². The minimum atomic E-state index is -1.02. The van der Waals surface area contributed by atoms with Gasteiger partial charge in [0.25, 0.3) is 0 Å². The maximum atomic E-state index is 13.6. The van der Waals surface area contributed by atoms with Crippen LogP contribution in [0.25, 0.3) is 0 Å². The van der Waals surface area contributed by atoms with Crippen molar-refractivity contribution in [2.24, 2.45) is 5.92 Å². The highest BCUT2D eigenvalue weighted by Gasteiger charge is 2.24. The Bertz CT molecular complexity index is 482. The molecule has 0 saturated heterocycles. The second-order valence-electron chi connectivity index (χ2n) is 4.15. The average Bonchev–Trinajstić information content (AvgIpc) is 2.35. The van der Waals surface area contributed by atoms with Crippen LogP contribution in [0.1, 0.15) is 25.8 Å². The average molecular weight is 250 g/mol. The summed E-state index contributed by atoms with van der Waals surface area (Å²) in [6, 6.07) is 4.88. The Hall–Kier alpha value is -2.09. The maximum absolute atomic E-state index is 13.6. The van der Waals surface area contributed by atoms with Gasteiger partial charge in [0.2, 0.25) is 0 Å². The third kappa shape index (κ3) is 3.20. The minimum absolute atomic E-state index is 0.0988. The van der Waals surface area contributed by atoms with Crippen LogP contribution in [0.2, 0.25) is 0 Å². The molecule has 0 saturated carbocycles. The lowest BCUT2D eigenvalue weighted by atomic mass is 9.99. The lowest BCUT2D eigenvalue weighted by molar-refractivity contribution is -0.139. The molecule has 2 N–H and O–H groups in total. The lowest BCUT2D eigenvalue weighted by Crippen LogP contribution is -2.35. The first-order chi connectivity index (χ1) is 8.49. The summed E-state index contributed by atoms with van der Waals surface area (Å²) in [7, 11) is 0. The van der Waals surface area contributed by atoms with Crippen LogP contribution in [-0.4, -0.2) is 17.1 Å². The summed E-state index contributed by atoms with van der Waals surface area (Å²) >= 11 is 0. The van der Waals surface area contributed by atoms with Crippen LogP contribution in [0.15, 0.2) is 18.2 Å². The van der Waals surface area contributed by atoms with Crippen LogP contribution < -0.4 is 5.32 Å². The molecule has 1 rings (SSSR count). The number of halogens is 1. The predicted molar refractivity (Wildman–Crippen MR) is 65.6 cm³/mol. The van der Waals surface area contributed by atoms with Gasteiger partial charge >= 0.3 is 5.97 Å². The molecule has 0 aliphatic rings. The molecule has 0 aliphatic carbocycles. The molecule has 0 spiro atoms. The molecule has 0 aliphatic heterocycles. The summed E-state index contributed by atoms with van der Waals surface area (Å²) < 4.78 is 13.6. The van der Waals surface area contributed by atoms with Gasteiger partial charge in [-0.2, -0.15) is 5.26 Å². The molecule has 0 aromatic heterocycles. The van der Waals surface area contributed by atoms with Crippen molar-refractivity contribution in [1.82, 2.24) is 0 Å². The number of rotatable bonds is 5. The van der Waals surface area contributed by atoms with Crippen molar-refractivity contribution in [3.8, 4) is 6.07 Å². The second kappa shape index (κ2) is 6.01. The Morgan fingerprint density at radius 3 is 2.72 bits per heavy atom. The second-order valence-corrected chi connectivity index (χ2v) is 4.15. The van der Waals surface area contributed by atoms with E-state index in [4.69, 9.17) is 10.4 Å². The van der Waals surface area contributed by atoms with Crippen LogP contribution >= 0.6 is 0 Å². The van der Waals surface area contributed by atoms with Crippen molar-refractivity contribution >= 4 is 11.7 Å². The van der Waals surface area contributed by atoms with Crippen molar-refractivity contribution in [2.75, 3.05) is 5.32 Å². The van der Waals surface area contributed by atoms with Crippen LogP contribution in [0.5, 0.6) is 0 Å². The molecule has 0 unspecified atom stereocenters. The number of hydrogen-bond acceptors (Lipinski definition) is 3. The molecule has 2 atom stereocenters. The highest BCUT2D eigenvalue weighted by molar-refractivity contribution is 5.77. The van der Waals surface area contributed by atoms with Gasteiger partial charge < -0.3 is 10.4 Å². The molecule has 0 fully saturated rings. The third-order valence-electron chi connectivity index (χ3n) is 2.89. The highest BCUT2D eigenvalue weighted by Crippen LogP contribution is 2.19. The van der Waals surface area contributed by atoms with Crippen molar-refractivity contribution < 1.29 is 14.3 Å². The first-order valence-corrected chi connectivity index (χ1v) is 5.68. The van der Waals surface area contributed by atoms with E-state index in [1.54, 1.807) is 6.92 Å². The van der Waals surface area contributed by atoms with Crippen LogP contribution in [0.3, 0.4) is 0 Å². The first-order valence-electron chi connectivity index (χ1n) is 5.68. The number of benzene rings is 1. The fourth-order valence-electron chi connectivity index (χ4n) is 1.55. The molecule has 1 aromatic carbocycles. The van der Waals surface area contributed by atoms with Gasteiger partial charge in [0, 0.05) is 0 Å². The summed E-state index contributed by atoms with van der Waals surface area (Å²) in [5.41, 5.74) is 0.301. The van der Waals surface area contributed by atoms with Gasteiger partial charge in [0.1, 0.15) is 11.9 Å².